The van der Waals surface area contributed by atoms with E-state index in [0.29, 0.717) is 41.9 Å². The summed E-state index contributed by atoms with van der Waals surface area (Å²) in [5.41, 5.74) is 6.50. The molecule has 6 rings (SSSR count). The largest absolute Gasteiger partial charge is 0.391 e. The molecule has 206 valence electrons. The second-order valence-corrected chi connectivity index (χ2v) is 10.8. The monoisotopic (exact) mass is 540 g/mol. The third kappa shape index (κ3) is 4.73. The zero-order valence-corrected chi connectivity index (χ0v) is 22.7. The van der Waals surface area contributed by atoms with Crippen LogP contribution in [0.15, 0.2) is 67.0 Å². The predicted octanol–water partition coefficient (Wildman–Crippen LogP) is 5.67. The average Bonchev–Trinajstić information content (AvgIpc) is 3.59. The molecule has 8 heteroatoms. The molecule has 4 aromatic rings. The maximum absolute atomic E-state index is 15.3. The molecule has 0 bridgehead atoms. The van der Waals surface area contributed by atoms with E-state index in [0.717, 1.165) is 23.9 Å². The zero-order chi connectivity index (χ0) is 28.0. The predicted molar refractivity (Wildman–Crippen MR) is 153 cm³/mol. The van der Waals surface area contributed by atoms with Gasteiger partial charge in [-0.2, -0.15) is 0 Å². The van der Waals surface area contributed by atoms with Crippen LogP contribution in [-0.2, 0) is 12.8 Å². The van der Waals surface area contributed by atoms with E-state index in [1.807, 2.05) is 52.9 Å². The normalized spacial score (nSPS) is 18.7. The summed E-state index contributed by atoms with van der Waals surface area (Å²) in [6.45, 7) is 5.54. The number of urea groups is 1. The van der Waals surface area contributed by atoms with Crippen LogP contribution in [0, 0.1) is 5.82 Å². The number of hydrogen-bond acceptors (Lipinski definition) is 3. The number of halogens is 1. The van der Waals surface area contributed by atoms with Crippen LogP contribution in [0.4, 0.5) is 14.9 Å². The molecular formula is C32H33FN4O3. The Bertz CT molecular complexity index is 1610. The lowest BCUT2D eigenvalue weighted by atomic mass is 9.93. The molecule has 0 saturated carbocycles. The quantitative estimate of drug-likeness (QED) is 0.350. The first-order valence-corrected chi connectivity index (χ1v) is 13.9. The molecule has 4 heterocycles. The minimum atomic E-state index is -0.516. The van der Waals surface area contributed by atoms with Crippen molar-refractivity contribution >= 4 is 23.1 Å². The van der Waals surface area contributed by atoms with Crippen molar-refractivity contribution in [3.05, 3.63) is 95.1 Å². The number of carbonyl (C=O) groups excluding carboxylic acids is 2. The van der Waals surface area contributed by atoms with Gasteiger partial charge < -0.3 is 24.6 Å². The molecule has 2 aromatic heterocycles. The second kappa shape index (κ2) is 10.4. The molecule has 2 aliphatic heterocycles. The molecule has 7 nitrogen and oxygen atoms in total. The van der Waals surface area contributed by atoms with Gasteiger partial charge in [0.25, 0.3) is 5.91 Å². The van der Waals surface area contributed by atoms with Crippen LogP contribution in [0.5, 0.6) is 0 Å². The number of β-amino-alcohol motifs (C(OH)–C–C–N with tert-alkyl or cyclic N) is 1. The van der Waals surface area contributed by atoms with Crippen LogP contribution in [0.25, 0.3) is 16.6 Å². The Labute approximate surface area is 232 Å². The van der Waals surface area contributed by atoms with Crippen molar-refractivity contribution in [1.29, 1.82) is 0 Å². The van der Waals surface area contributed by atoms with Crippen molar-refractivity contribution in [1.82, 2.24) is 14.2 Å². The molecule has 2 aliphatic rings. The minimum Gasteiger partial charge on any atom is -0.391 e. The Kier molecular flexibility index (Phi) is 6.80. The summed E-state index contributed by atoms with van der Waals surface area (Å²) in [4.78, 5) is 29.6. The topological polar surface area (TPSA) is 77.3 Å². The Hall–Kier alpha value is -4.17. The van der Waals surface area contributed by atoms with Gasteiger partial charge in [-0.25, -0.2) is 9.18 Å². The molecule has 0 spiro atoms. The molecule has 2 aromatic carbocycles. The SMILES string of the molecule is CCc1cc(C(=O)N2CCc3ccccc3[C@H]2C)cn2cc(-c3ccc(NC(=O)N4CC[C@@H](O)C4)cc3F)cc12. The first-order valence-electron chi connectivity index (χ1n) is 13.9. The van der Waals surface area contributed by atoms with E-state index in [2.05, 4.69) is 24.4 Å². The number of fused-ring (bicyclic) bond motifs is 2. The highest BCUT2D eigenvalue weighted by atomic mass is 19.1. The molecule has 40 heavy (non-hydrogen) atoms. The van der Waals surface area contributed by atoms with E-state index >= 15 is 4.39 Å². The Balaban J connectivity index is 1.26. The van der Waals surface area contributed by atoms with E-state index in [4.69, 9.17) is 0 Å². The molecule has 0 aliphatic carbocycles. The third-order valence-corrected chi connectivity index (χ3v) is 8.25. The van der Waals surface area contributed by atoms with Gasteiger partial charge in [-0.15, -0.1) is 0 Å². The summed E-state index contributed by atoms with van der Waals surface area (Å²) in [6, 6.07) is 16.5. The van der Waals surface area contributed by atoms with Crippen LogP contribution in [0.3, 0.4) is 0 Å². The van der Waals surface area contributed by atoms with Gasteiger partial charge in [-0.05, 0) is 73.2 Å². The van der Waals surface area contributed by atoms with Gasteiger partial charge in [0, 0.05) is 54.4 Å². The molecule has 0 unspecified atom stereocenters. The van der Waals surface area contributed by atoms with E-state index in [1.165, 1.54) is 22.1 Å². The number of amides is 3. The van der Waals surface area contributed by atoms with Gasteiger partial charge in [0.2, 0.25) is 0 Å². The fourth-order valence-electron chi connectivity index (χ4n) is 6.01. The number of aromatic nitrogens is 1. The number of hydrogen-bond donors (Lipinski definition) is 2. The zero-order valence-electron chi connectivity index (χ0n) is 22.7. The van der Waals surface area contributed by atoms with Crippen LogP contribution >= 0.6 is 0 Å². The summed E-state index contributed by atoms with van der Waals surface area (Å²) >= 11 is 0. The lowest BCUT2D eigenvalue weighted by Gasteiger charge is -2.35. The number of nitrogens with zero attached hydrogens (tertiary/aromatic N) is 3. The van der Waals surface area contributed by atoms with Crippen LogP contribution in [0.1, 0.15) is 53.4 Å². The first kappa shape index (κ1) is 26.1. The number of benzene rings is 2. The smallest absolute Gasteiger partial charge is 0.321 e. The minimum absolute atomic E-state index is 0.00866. The van der Waals surface area contributed by atoms with Gasteiger partial charge >= 0.3 is 6.03 Å². The van der Waals surface area contributed by atoms with Crippen LogP contribution in [-0.4, -0.2) is 57.0 Å². The summed E-state index contributed by atoms with van der Waals surface area (Å²) in [5, 5.41) is 12.4. The van der Waals surface area contributed by atoms with Crippen molar-refractivity contribution in [3.63, 3.8) is 0 Å². The van der Waals surface area contributed by atoms with Gasteiger partial charge in [0.15, 0.2) is 0 Å². The number of pyridine rings is 1. The Morgan fingerprint density at radius 3 is 2.65 bits per heavy atom. The molecule has 3 amide bonds. The van der Waals surface area contributed by atoms with Gasteiger partial charge in [0.1, 0.15) is 5.82 Å². The van der Waals surface area contributed by atoms with Gasteiger partial charge in [0.05, 0.1) is 17.7 Å². The number of aliphatic hydroxyl groups is 1. The maximum atomic E-state index is 15.3. The number of likely N-dealkylation sites (tertiary alicyclic amines) is 1. The molecule has 2 N–H and O–H groups in total. The Morgan fingerprint density at radius 1 is 1.07 bits per heavy atom. The summed E-state index contributed by atoms with van der Waals surface area (Å²) < 4.78 is 17.2. The molecule has 0 radical (unpaired) electrons. The highest BCUT2D eigenvalue weighted by molar-refractivity contribution is 5.95. The standard InChI is InChI=1S/C32H33FN4O3/c1-3-21-14-24(31(39)37-13-10-22-6-4-5-7-27(22)20(37)2)18-36-17-23(15-30(21)36)28-9-8-25(16-29(28)33)34-32(40)35-12-11-26(38)19-35/h4-9,14-18,20,26,38H,3,10-13,19H2,1-2H3,(H,34,40)/t20-,26-/m1/s1. The highest BCUT2D eigenvalue weighted by Gasteiger charge is 2.29. The van der Waals surface area contributed by atoms with Crippen LogP contribution in [0.2, 0.25) is 0 Å². The van der Waals surface area contributed by atoms with Crippen LogP contribution < -0.4 is 5.32 Å². The highest BCUT2D eigenvalue weighted by Crippen LogP contribution is 2.32. The summed E-state index contributed by atoms with van der Waals surface area (Å²) in [7, 11) is 0. The molecule has 1 fully saturated rings. The van der Waals surface area contributed by atoms with E-state index < -0.39 is 11.9 Å². The fraction of sp³-hybridized carbons (Fsp3) is 0.312. The Morgan fingerprint density at radius 2 is 1.90 bits per heavy atom. The molecular weight excluding hydrogens is 507 g/mol. The fourth-order valence-corrected chi connectivity index (χ4v) is 6.01. The van der Waals surface area contributed by atoms with E-state index in [9.17, 15) is 14.7 Å². The number of carbonyl (C=O) groups is 2. The number of aliphatic hydroxyl groups excluding tert-OH is 1. The molecule has 2 atom stereocenters. The lowest BCUT2D eigenvalue weighted by molar-refractivity contribution is 0.0677. The number of nitrogens with one attached hydrogen (secondary N) is 1. The van der Waals surface area contributed by atoms with Gasteiger partial charge in [-0.3, -0.25) is 4.79 Å². The van der Waals surface area contributed by atoms with Crippen molar-refractivity contribution in [2.24, 2.45) is 0 Å². The van der Waals surface area contributed by atoms with E-state index in [-0.39, 0.29) is 24.5 Å². The third-order valence-electron chi connectivity index (χ3n) is 8.25. The maximum Gasteiger partial charge on any atom is 0.321 e. The number of rotatable bonds is 4. The summed E-state index contributed by atoms with van der Waals surface area (Å²) in [6.07, 6.45) is 5.27. The summed E-state index contributed by atoms with van der Waals surface area (Å²) in [5.74, 6) is -0.462. The number of aryl methyl sites for hydroxylation is 1. The number of anilines is 1. The van der Waals surface area contributed by atoms with Crippen molar-refractivity contribution in [3.8, 4) is 11.1 Å². The van der Waals surface area contributed by atoms with Gasteiger partial charge in [-0.1, -0.05) is 31.2 Å². The molecule has 1 saturated heterocycles. The van der Waals surface area contributed by atoms with Crippen molar-refractivity contribution in [2.45, 2.75) is 45.3 Å². The second-order valence-electron chi connectivity index (χ2n) is 10.8. The average molecular weight is 541 g/mol. The lowest BCUT2D eigenvalue weighted by Crippen LogP contribution is -2.39. The van der Waals surface area contributed by atoms with Crippen molar-refractivity contribution in [2.75, 3.05) is 25.0 Å². The van der Waals surface area contributed by atoms with E-state index in [1.54, 1.807) is 12.1 Å². The first-order chi connectivity index (χ1) is 19.3. The van der Waals surface area contributed by atoms with Crippen molar-refractivity contribution < 1.29 is 19.1 Å².